The average molecular weight is 287 g/mol. The Kier molecular flexibility index (Phi) is 3.84. The first kappa shape index (κ1) is 13.9. The minimum atomic E-state index is -0.0495. The van der Waals surface area contributed by atoms with Gasteiger partial charge < -0.3 is 20.7 Å². The number of nitrogens with zero attached hydrogens (tertiary/aromatic N) is 1. The van der Waals surface area contributed by atoms with E-state index in [0.717, 1.165) is 36.6 Å². The zero-order chi connectivity index (χ0) is 14.8. The molecule has 1 fully saturated rings. The molecule has 1 aromatic carbocycles. The van der Waals surface area contributed by atoms with Crippen LogP contribution in [-0.2, 0) is 0 Å². The summed E-state index contributed by atoms with van der Waals surface area (Å²) in [7, 11) is 0. The fraction of sp³-hybridized carbons (Fsp3) is 0.438. The SMILES string of the molecule is Nc1cccc2cc(C(=O)N(CCO)C3CCCC3)[nH]c12. The third-order valence-corrected chi connectivity index (χ3v) is 4.29. The van der Waals surface area contributed by atoms with Crippen LogP contribution >= 0.6 is 0 Å². The van der Waals surface area contributed by atoms with Crippen LogP contribution in [0.2, 0.25) is 0 Å². The molecule has 1 aliphatic rings. The molecular formula is C16H21N3O2. The van der Waals surface area contributed by atoms with Gasteiger partial charge in [-0.15, -0.1) is 0 Å². The molecule has 112 valence electrons. The predicted molar refractivity (Wildman–Crippen MR) is 83.1 cm³/mol. The van der Waals surface area contributed by atoms with Crippen LogP contribution in [-0.4, -0.2) is 40.1 Å². The maximum absolute atomic E-state index is 12.7. The number of rotatable bonds is 4. The monoisotopic (exact) mass is 287 g/mol. The molecule has 1 heterocycles. The highest BCUT2D eigenvalue weighted by Gasteiger charge is 2.27. The minimum Gasteiger partial charge on any atom is -0.397 e. The second kappa shape index (κ2) is 5.77. The molecule has 1 aliphatic carbocycles. The Morgan fingerprint density at radius 2 is 2.14 bits per heavy atom. The first-order valence-corrected chi connectivity index (χ1v) is 7.49. The summed E-state index contributed by atoms with van der Waals surface area (Å²) in [6.07, 6.45) is 4.35. The number of fused-ring (bicyclic) bond motifs is 1. The number of nitrogen functional groups attached to an aromatic ring is 1. The standard InChI is InChI=1S/C16H21N3O2/c17-13-7-3-4-11-10-14(18-15(11)13)16(21)19(8-9-20)12-5-1-2-6-12/h3-4,7,10,12,18,20H,1-2,5-6,8-9,17H2. The summed E-state index contributed by atoms with van der Waals surface area (Å²) in [6, 6.07) is 7.71. The number of benzene rings is 1. The summed E-state index contributed by atoms with van der Waals surface area (Å²) in [6.45, 7) is 0.374. The number of anilines is 1. The number of carbonyl (C=O) groups is 1. The third-order valence-electron chi connectivity index (χ3n) is 4.29. The van der Waals surface area contributed by atoms with E-state index < -0.39 is 0 Å². The Hall–Kier alpha value is -2.01. The van der Waals surface area contributed by atoms with Gasteiger partial charge in [0.05, 0.1) is 17.8 Å². The van der Waals surface area contributed by atoms with E-state index in [-0.39, 0.29) is 18.6 Å². The topological polar surface area (TPSA) is 82.3 Å². The van der Waals surface area contributed by atoms with Crippen molar-refractivity contribution < 1.29 is 9.90 Å². The average Bonchev–Trinajstić information content (AvgIpc) is 3.13. The highest BCUT2D eigenvalue weighted by molar-refractivity contribution is 6.01. The molecule has 0 spiro atoms. The van der Waals surface area contributed by atoms with Crippen LogP contribution in [0.3, 0.4) is 0 Å². The molecule has 0 aliphatic heterocycles. The van der Waals surface area contributed by atoms with Crippen molar-refractivity contribution in [3.63, 3.8) is 0 Å². The molecule has 1 saturated carbocycles. The van der Waals surface area contributed by atoms with Crippen LogP contribution in [0.15, 0.2) is 24.3 Å². The number of carbonyl (C=O) groups excluding carboxylic acids is 1. The Bertz CT molecular complexity index is 644. The van der Waals surface area contributed by atoms with Gasteiger partial charge in [0.25, 0.3) is 5.91 Å². The Morgan fingerprint density at radius 1 is 1.38 bits per heavy atom. The fourth-order valence-corrected chi connectivity index (χ4v) is 3.22. The van der Waals surface area contributed by atoms with Gasteiger partial charge >= 0.3 is 0 Å². The van der Waals surface area contributed by atoms with Crippen molar-refractivity contribution in [1.82, 2.24) is 9.88 Å². The number of aromatic nitrogens is 1. The fourth-order valence-electron chi connectivity index (χ4n) is 3.22. The van der Waals surface area contributed by atoms with Crippen LogP contribution in [0.1, 0.15) is 36.2 Å². The van der Waals surface area contributed by atoms with Crippen molar-refractivity contribution in [2.75, 3.05) is 18.9 Å². The highest BCUT2D eigenvalue weighted by Crippen LogP contribution is 2.26. The van der Waals surface area contributed by atoms with Crippen molar-refractivity contribution >= 4 is 22.5 Å². The molecule has 21 heavy (non-hydrogen) atoms. The number of aliphatic hydroxyl groups is 1. The molecule has 0 atom stereocenters. The normalized spacial score (nSPS) is 15.7. The molecule has 0 unspecified atom stereocenters. The number of hydrogen-bond donors (Lipinski definition) is 3. The Morgan fingerprint density at radius 3 is 2.81 bits per heavy atom. The smallest absolute Gasteiger partial charge is 0.270 e. The molecule has 0 bridgehead atoms. The van der Waals surface area contributed by atoms with Gasteiger partial charge in [-0.2, -0.15) is 0 Å². The van der Waals surface area contributed by atoms with E-state index in [2.05, 4.69) is 4.98 Å². The van der Waals surface area contributed by atoms with Crippen LogP contribution in [0.4, 0.5) is 5.69 Å². The molecule has 0 radical (unpaired) electrons. The summed E-state index contributed by atoms with van der Waals surface area (Å²) in [5.74, 6) is -0.0495. The maximum atomic E-state index is 12.7. The number of hydrogen-bond acceptors (Lipinski definition) is 3. The highest BCUT2D eigenvalue weighted by atomic mass is 16.3. The summed E-state index contributed by atoms with van der Waals surface area (Å²) in [5, 5.41) is 10.2. The van der Waals surface area contributed by atoms with Gasteiger partial charge in [-0.25, -0.2) is 0 Å². The van der Waals surface area contributed by atoms with Crippen molar-refractivity contribution in [2.24, 2.45) is 0 Å². The van der Waals surface area contributed by atoms with E-state index in [0.29, 0.717) is 17.9 Å². The van der Waals surface area contributed by atoms with Crippen molar-refractivity contribution in [1.29, 1.82) is 0 Å². The lowest BCUT2D eigenvalue weighted by atomic mass is 10.2. The van der Waals surface area contributed by atoms with Crippen molar-refractivity contribution in [3.8, 4) is 0 Å². The van der Waals surface area contributed by atoms with Gasteiger partial charge in [-0.3, -0.25) is 4.79 Å². The largest absolute Gasteiger partial charge is 0.397 e. The second-order valence-corrected chi connectivity index (χ2v) is 5.65. The van der Waals surface area contributed by atoms with E-state index in [1.807, 2.05) is 24.3 Å². The number of aromatic amines is 1. The van der Waals surface area contributed by atoms with Crippen molar-refractivity contribution in [2.45, 2.75) is 31.7 Å². The van der Waals surface area contributed by atoms with Crippen LogP contribution < -0.4 is 5.73 Å². The van der Waals surface area contributed by atoms with Crippen LogP contribution in [0, 0.1) is 0 Å². The molecule has 4 N–H and O–H groups in total. The van der Waals surface area contributed by atoms with E-state index in [4.69, 9.17) is 5.73 Å². The lowest BCUT2D eigenvalue weighted by molar-refractivity contribution is 0.0633. The predicted octanol–water partition coefficient (Wildman–Crippen LogP) is 2.13. The van der Waals surface area contributed by atoms with E-state index in [9.17, 15) is 9.90 Å². The zero-order valence-corrected chi connectivity index (χ0v) is 12.0. The van der Waals surface area contributed by atoms with E-state index in [1.165, 1.54) is 0 Å². The summed E-state index contributed by atoms with van der Waals surface area (Å²) < 4.78 is 0. The summed E-state index contributed by atoms with van der Waals surface area (Å²) >= 11 is 0. The number of nitrogens with one attached hydrogen (secondary N) is 1. The zero-order valence-electron chi connectivity index (χ0n) is 12.0. The third kappa shape index (κ3) is 2.61. The second-order valence-electron chi connectivity index (χ2n) is 5.65. The number of aliphatic hydroxyl groups excluding tert-OH is 1. The number of para-hydroxylation sites is 1. The van der Waals surface area contributed by atoms with Crippen LogP contribution in [0.5, 0.6) is 0 Å². The lowest BCUT2D eigenvalue weighted by Gasteiger charge is -2.27. The lowest BCUT2D eigenvalue weighted by Crippen LogP contribution is -2.40. The maximum Gasteiger partial charge on any atom is 0.270 e. The van der Waals surface area contributed by atoms with Gasteiger partial charge in [0.15, 0.2) is 0 Å². The molecule has 3 rings (SSSR count). The molecule has 1 amide bonds. The Balaban J connectivity index is 1.91. The molecule has 0 saturated heterocycles. The number of nitrogens with two attached hydrogens (primary N) is 1. The Labute approximate surface area is 123 Å². The molecule has 5 heteroatoms. The minimum absolute atomic E-state index is 0.00932. The van der Waals surface area contributed by atoms with E-state index >= 15 is 0 Å². The number of H-pyrrole nitrogens is 1. The molecule has 1 aromatic heterocycles. The van der Waals surface area contributed by atoms with Gasteiger partial charge in [0.1, 0.15) is 5.69 Å². The van der Waals surface area contributed by atoms with Gasteiger partial charge in [0.2, 0.25) is 0 Å². The molecular weight excluding hydrogens is 266 g/mol. The van der Waals surface area contributed by atoms with Gasteiger partial charge in [0, 0.05) is 18.0 Å². The number of amides is 1. The van der Waals surface area contributed by atoms with Gasteiger partial charge in [-0.05, 0) is 25.0 Å². The van der Waals surface area contributed by atoms with Crippen LogP contribution in [0.25, 0.3) is 10.9 Å². The summed E-state index contributed by atoms with van der Waals surface area (Å²) in [4.78, 5) is 17.7. The molecule has 5 nitrogen and oxygen atoms in total. The first-order chi connectivity index (χ1) is 10.2. The van der Waals surface area contributed by atoms with E-state index in [1.54, 1.807) is 4.90 Å². The quantitative estimate of drug-likeness (QED) is 0.753. The van der Waals surface area contributed by atoms with Crippen molar-refractivity contribution in [3.05, 3.63) is 30.0 Å². The first-order valence-electron chi connectivity index (χ1n) is 7.49. The van der Waals surface area contributed by atoms with Gasteiger partial charge in [-0.1, -0.05) is 25.0 Å². The summed E-state index contributed by atoms with van der Waals surface area (Å²) in [5.41, 5.74) is 7.92. The molecule has 2 aromatic rings.